The summed E-state index contributed by atoms with van der Waals surface area (Å²) in [5, 5.41) is 0. The van der Waals surface area contributed by atoms with Gasteiger partial charge < -0.3 is 18.9 Å². The van der Waals surface area contributed by atoms with Gasteiger partial charge in [-0.15, -0.1) is 0 Å². The van der Waals surface area contributed by atoms with Crippen LogP contribution >= 0.6 is 0 Å². The molecule has 0 N–H and O–H groups in total. The molecule has 2 aromatic carbocycles. The molecule has 0 spiro atoms. The number of rotatable bonds is 4. The molecule has 0 aromatic heterocycles. The van der Waals surface area contributed by atoms with E-state index in [-0.39, 0.29) is 6.79 Å². The third kappa shape index (κ3) is 2.57. The molecule has 1 heterocycles. The van der Waals surface area contributed by atoms with Crippen molar-refractivity contribution >= 4 is 0 Å². The molecule has 0 radical (unpaired) electrons. The van der Waals surface area contributed by atoms with Gasteiger partial charge in [0.2, 0.25) is 6.79 Å². The van der Waals surface area contributed by atoms with Crippen LogP contribution in [0.3, 0.4) is 0 Å². The molecule has 0 aliphatic carbocycles. The molecule has 3 rings (SSSR count). The van der Waals surface area contributed by atoms with Gasteiger partial charge >= 0.3 is 0 Å². The lowest BCUT2D eigenvalue weighted by Gasteiger charge is -2.07. The fourth-order valence-electron chi connectivity index (χ4n) is 1.86. The fraction of sp³-hybridized carbons (Fsp3) is 0.200. The minimum atomic E-state index is 0.275. The van der Waals surface area contributed by atoms with E-state index in [0.717, 1.165) is 28.6 Å². The molecular weight excluding hydrogens is 244 g/mol. The lowest BCUT2D eigenvalue weighted by molar-refractivity contribution is 0.173. The largest absolute Gasteiger partial charge is 0.497 e. The maximum Gasteiger partial charge on any atom is 0.231 e. The van der Waals surface area contributed by atoms with Crippen LogP contribution < -0.4 is 18.9 Å². The van der Waals surface area contributed by atoms with Crippen molar-refractivity contribution < 1.29 is 18.9 Å². The number of hydrogen-bond acceptors (Lipinski definition) is 4. The Balaban J connectivity index is 1.65. The number of fused-ring (bicyclic) bond motifs is 1. The Hall–Kier alpha value is -2.36. The minimum Gasteiger partial charge on any atom is -0.497 e. The van der Waals surface area contributed by atoms with E-state index < -0.39 is 0 Å². The van der Waals surface area contributed by atoms with Gasteiger partial charge in [-0.3, -0.25) is 0 Å². The standard InChI is InChI=1S/C15H14O4/c1-16-12-4-2-11(3-5-12)9-17-13-6-7-14-15(8-13)19-10-18-14/h2-8H,9-10H2,1H3. The first-order valence-corrected chi connectivity index (χ1v) is 6.00. The maximum absolute atomic E-state index is 5.71. The normalized spacial score (nSPS) is 12.3. The Morgan fingerprint density at radius 2 is 1.68 bits per heavy atom. The van der Waals surface area contributed by atoms with Crippen LogP contribution in [-0.4, -0.2) is 13.9 Å². The topological polar surface area (TPSA) is 36.9 Å². The predicted octanol–water partition coefficient (Wildman–Crippen LogP) is 3.00. The van der Waals surface area contributed by atoms with Crippen LogP contribution in [0, 0.1) is 0 Å². The van der Waals surface area contributed by atoms with E-state index in [9.17, 15) is 0 Å². The third-order valence-electron chi connectivity index (χ3n) is 2.91. The van der Waals surface area contributed by atoms with Crippen molar-refractivity contribution in [2.75, 3.05) is 13.9 Å². The first kappa shape index (κ1) is 11.7. The van der Waals surface area contributed by atoms with E-state index in [0.29, 0.717) is 6.61 Å². The number of benzene rings is 2. The number of hydrogen-bond donors (Lipinski definition) is 0. The first-order valence-electron chi connectivity index (χ1n) is 6.00. The van der Waals surface area contributed by atoms with Gasteiger partial charge in [0.15, 0.2) is 11.5 Å². The molecule has 19 heavy (non-hydrogen) atoms. The first-order chi connectivity index (χ1) is 9.35. The SMILES string of the molecule is COc1ccc(COc2ccc3c(c2)OCO3)cc1. The Bertz CT molecular complexity index is 563. The Morgan fingerprint density at radius 1 is 0.947 bits per heavy atom. The number of ether oxygens (including phenoxy) is 4. The molecule has 0 saturated heterocycles. The van der Waals surface area contributed by atoms with Gasteiger partial charge in [-0.1, -0.05) is 12.1 Å². The highest BCUT2D eigenvalue weighted by Gasteiger charge is 2.13. The molecule has 2 aromatic rings. The Morgan fingerprint density at radius 3 is 2.47 bits per heavy atom. The Kier molecular flexibility index (Phi) is 3.14. The van der Waals surface area contributed by atoms with Crippen molar-refractivity contribution in [1.82, 2.24) is 0 Å². The molecule has 0 saturated carbocycles. The zero-order valence-electron chi connectivity index (χ0n) is 10.6. The van der Waals surface area contributed by atoms with Crippen LogP contribution in [0.5, 0.6) is 23.0 Å². The van der Waals surface area contributed by atoms with Crippen molar-refractivity contribution in [3.05, 3.63) is 48.0 Å². The maximum atomic E-state index is 5.71. The van der Waals surface area contributed by atoms with Crippen molar-refractivity contribution in [3.63, 3.8) is 0 Å². The highest BCUT2D eigenvalue weighted by atomic mass is 16.7. The molecule has 4 nitrogen and oxygen atoms in total. The van der Waals surface area contributed by atoms with E-state index in [4.69, 9.17) is 18.9 Å². The van der Waals surface area contributed by atoms with Crippen molar-refractivity contribution in [2.45, 2.75) is 6.61 Å². The van der Waals surface area contributed by atoms with Crippen LogP contribution in [0.1, 0.15) is 5.56 Å². The minimum absolute atomic E-state index is 0.275. The summed E-state index contributed by atoms with van der Waals surface area (Å²) in [6.45, 7) is 0.779. The number of methoxy groups -OCH3 is 1. The van der Waals surface area contributed by atoms with E-state index in [1.54, 1.807) is 7.11 Å². The second kappa shape index (κ2) is 5.10. The van der Waals surface area contributed by atoms with Gasteiger partial charge in [0, 0.05) is 6.07 Å². The molecule has 0 amide bonds. The summed E-state index contributed by atoms with van der Waals surface area (Å²) in [7, 11) is 1.65. The molecule has 4 heteroatoms. The summed E-state index contributed by atoms with van der Waals surface area (Å²) >= 11 is 0. The smallest absolute Gasteiger partial charge is 0.231 e. The van der Waals surface area contributed by atoms with Crippen LogP contribution in [-0.2, 0) is 6.61 Å². The third-order valence-corrected chi connectivity index (χ3v) is 2.91. The van der Waals surface area contributed by atoms with Crippen LogP contribution in [0.15, 0.2) is 42.5 Å². The highest BCUT2D eigenvalue weighted by molar-refractivity contribution is 5.46. The second-order valence-corrected chi connectivity index (χ2v) is 4.15. The zero-order valence-corrected chi connectivity index (χ0v) is 10.6. The molecule has 0 unspecified atom stereocenters. The molecule has 1 aliphatic rings. The Labute approximate surface area is 111 Å². The van der Waals surface area contributed by atoms with E-state index in [2.05, 4.69) is 0 Å². The monoisotopic (exact) mass is 258 g/mol. The fourth-order valence-corrected chi connectivity index (χ4v) is 1.86. The van der Waals surface area contributed by atoms with Gasteiger partial charge in [0.25, 0.3) is 0 Å². The highest BCUT2D eigenvalue weighted by Crippen LogP contribution is 2.35. The molecular formula is C15H14O4. The molecule has 0 bridgehead atoms. The summed E-state index contributed by atoms with van der Waals surface area (Å²) in [6, 6.07) is 13.4. The average Bonchev–Trinajstić information content (AvgIpc) is 2.93. The summed E-state index contributed by atoms with van der Waals surface area (Å²) in [5.74, 6) is 3.09. The van der Waals surface area contributed by atoms with E-state index in [1.165, 1.54) is 0 Å². The van der Waals surface area contributed by atoms with Crippen molar-refractivity contribution in [3.8, 4) is 23.0 Å². The average molecular weight is 258 g/mol. The lowest BCUT2D eigenvalue weighted by Crippen LogP contribution is -1.95. The predicted molar refractivity (Wildman–Crippen MR) is 69.9 cm³/mol. The van der Waals surface area contributed by atoms with E-state index >= 15 is 0 Å². The van der Waals surface area contributed by atoms with Crippen LogP contribution in [0.2, 0.25) is 0 Å². The summed E-state index contributed by atoms with van der Waals surface area (Å²) < 4.78 is 21.4. The van der Waals surface area contributed by atoms with Crippen LogP contribution in [0.4, 0.5) is 0 Å². The lowest BCUT2D eigenvalue weighted by atomic mass is 10.2. The second-order valence-electron chi connectivity index (χ2n) is 4.15. The summed E-state index contributed by atoms with van der Waals surface area (Å²) in [4.78, 5) is 0. The van der Waals surface area contributed by atoms with Crippen LogP contribution in [0.25, 0.3) is 0 Å². The van der Waals surface area contributed by atoms with Gasteiger partial charge in [-0.2, -0.15) is 0 Å². The molecule has 1 aliphatic heterocycles. The molecule has 0 atom stereocenters. The van der Waals surface area contributed by atoms with Crippen molar-refractivity contribution in [1.29, 1.82) is 0 Å². The summed E-state index contributed by atoms with van der Waals surface area (Å²) in [5.41, 5.74) is 1.08. The summed E-state index contributed by atoms with van der Waals surface area (Å²) in [6.07, 6.45) is 0. The quantitative estimate of drug-likeness (QED) is 0.844. The zero-order chi connectivity index (χ0) is 13.1. The molecule has 98 valence electrons. The van der Waals surface area contributed by atoms with Gasteiger partial charge in [0.1, 0.15) is 18.1 Å². The van der Waals surface area contributed by atoms with Gasteiger partial charge in [-0.25, -0.2) is 0 Å². The van der Waals surface area contributed by atoms with Gasteiger partial charge in [-0.05, 0) is 29.8 Å². The van der Waals surface area contributed by atoms with E-state index in [1.807, 2.05) is 42.5 Å². The molecule has 0 fully saturated rings. The van der Waals surface area contributed by atoms with Gasteiger partial charge in [0.05, 0.1) is 7.11 Å². The van der Waals surface area contributed by atoms with Crippen molar-refractivity contribution in [2.24, 2.45) is 0 Å².